The van der Waals surface area contributed by atoms with Gasteiger partial charge in [-0.1, -0.05) is 12.1 Å². The van der Waals surface area contributed by atoms with E-state index in [1.165, 1.54) is 23.5 Å². The SMILES string of the molecule is Cc1ccc(C(=O)CCC(=O)N2CCCN(Cc3ccc(F)cc3)CC2)s1. The van der Waals surface area contributed by atoms with Gasteiger partial charge in [0.1, 0.15) is 5.82 Å². The Morgan fingerprint density at radius 1 is 1.00 bits per heavy atom. The first-order chi connectivity index (χ1) is 13.0. The van der Waals surface area contributed by atoms with Crippen molar-refractivity contribution in [2.75, 3.05) is 26.2 Å². The van der Waals surface area contributed by atoms with Gasteiger partial charge in [0, 0.05) is 50.4 Å². The molecule has 3 rings (SSSR count). The molecule has 2 aromatic rings. The van der Waals surface area contributed by atoms with Crippen LogP contribution in [-0.2, 0) is 11.3 Å². The fourth-order valence-electron chi connectivity index (χ4n) is 3.31. The lowest BCUT2D eigenvalue weighted by molar-refractivity contribution is -0.131. The Balaban J connectivity index is 1.46. The maximum atomic E-state index is 13.0. The fourth-order valence-corrected chi connectivity index (χ4v) is 4.15. The number of hydrogen-bond acceptors (Lipinski definition) is 4. The van der Waals surface area contributed by atoms with Crippen LogP contribution in [0.15, 0.2) is 36.4 Å². The summed E-state index contributed by atoms with van der Waals surface area (Å²) in [7, 11) is 0. The van der Waals surface area contributed by atoms with Crippen molar-refractivity contribution in [2.45, 2.75) is 32.7 Å². The molecular weight excluding hydrogens is 363 g/mol. The first-order valence-electron chi connectivity index (χ1n) is 9.35. The predicted octanol–water partition coefficient (Wildman–Crippen LogP) is 3.89. The maximum absolute atomic E-state index is 13.0. The Labute approximate surface area is 163 Å². The van der Waals surface area contributed by atoms with Crippen molar-refractivity contribution in [1.82, 2.24) is 9.80 Å². The van der Waals surface area contributed by atoms with Crippen molar-refractivity contribution in [2.24, 2.45) is 0 Å². The maximum Gasteiger partial charge on any atom is 0.223 e. The average molecular weight is 389 g/mol. The van der Waals surface area contributed by atoms with Gasteiger partial charge in [-0.25, -0.2) is 4.39 Å². The fraction of sp³-hybridized carbons (Fsp3) is 0.429. The number of halogens is 1. The molecule has 1 fully saturated rings. The summed E-state index contributed by atoms with van der Waals surface area (Å²) in [5, 5.41) is 0. The number of thiophene rings is 1. The first kappa shape index (κ1) is 19.7. The van der Waals surface area contributed by atoms with Crippen molar-refractivity contribution in [3.63, 3.8) is 0 Å². The summed E-state index contributed by atoms with van der Waals surface area (Å²) in [5.41, 5.74) is 1.08. The van der Waals surface area contributed by atoms with Crippen LogP contribution in [-0.4, -0.2) is 47.7 Å². The molecule has 1 aromatic carbocycles. The second-order valence-corrected chi connectivity index (χ2v) is 8.26. The lowest BCUT2D eigenvalue weighted by Crippen LogP contribution is -2.35. The molecule has 0 aliphatic carbocycles. The van der Waals surface area contributed by atoms with Crippen LogP contribution in [0.1, 0.15) is 39.4 Å². The van der Waals surface area contributed by atoms with Gasteiger partial charge in [0.25, 0.3) is 0 Å². The minimum atomic E-state index is -0.223. The van der Waals surface area contributed by atoms with Crippen molar-refractivity contribution < 1.29 is 14.0 Å². The van der Waals surface area contributed by atoms with E-state index < -0.39 is 0 Å². The number of aryl methyl sites for hydroxylation is 1. The molecule has 0 unspecified atom stereocenters. The van der Waals surface area contributed by atoms with Crippen LogP contribution in [0.4, 0.5) is 4.39 Å². The topological polar surface area (TPSA) is 40.6 Å². The summed E-state index contributed by atoms with van der Waals surface area (Å²) in [6, 6.07) is 10.3. The van der Waals surface area contributed by atoms with Crippen molar-refractivity contribution >= 4 is 23.0 Å². The zero-order valence-corrected chi connectivity index (χ0v) is 16.4. The molecule has 1 aromatic heterocycles. The minimum absolute atomic E-state index is 0.0502. The summed E-state index contributed by atoms with van der Waals surface area (Å²) < 4.78 is 13.0. The molecule has 0 N–H and O–H groups in total. The van der Waals surface area contributed by atoms with Crippen LogP contribution in [0, 0.1) is 12.7 Å². The van der Waals surface area contributed by atoms with Crippen LogP contribution in [0.25, 0.3) is 0 Å². The molecule has 0 atom stereocenters. The van der Waals surface area contributed by atoms with Crippen LogP contribution < -0.4 is 0 Å². The van der Waals surface area contributed by atoms with Crippen LogP contribution >= 0.6 is 11.3 Å². The predicted molar refractivity (Wildman–Crippen MR) is 105 cm³/mol. The minimum Gasteiger partial charge on any atom is -0.341 e. The van der Waals surface area contributed by atoms with Crippen LogP contribution in [0.2, 0.25) is 0 Å². The van der Waals surface area contributed by atoms with E-state index in [1.807, 2.05) is 24.0 Å². The van der Waals surface area contributed by atoms with E-state index in [0.29, 0.717) is 6.54 Å². The van der Waals surface area contributed by atoms with Gasteiger partial charge in [-0.3, -0.25) is 14.5 Å². The molecule has 2 heterocycles. The highest BCUT2D eigenvalue weighted by molar-refractivity contribution is 7.14. The molecular formula is C21H25FN2O2S. The summed E-state index contributed by atoms with van der Waals surface area (Å²) in [6.45, 7) is 5.84. The largest absolute Gasteiger partial charge is 0.341 e. The van der Waals surface area contributed by atoms with Gasteiger partial charge in [0.05, 0.1) is 4.88 Å². The Morgan fingerprint density at radius 3 is 2.48 bits per heavy atom. The number of ketones is 1. The van der Waals surface area contributed by atoms with Crippen LogP contribution in [0.5, 0.6) is 0 Å². The van der Waals surface area contributed by atoms with Gasteiger partial charge < -0.3 is 4.90 Å². The monoisotopic (exact) mass is 388 g/mol. The highest BCUT2D eigenvalue weighted by Crippen LogP contribution is 2.18. The third-order valence-corrected chi connectivity index (χ3v) is 5.88. The van der Waals surface area contributed by atoms with E-state index in [-0.39, 0.29) is 30.3 Å². The zero-order chi connectivity index (χ0) is 19.2. The Morgan fingerprint density at radius 2 is 1.78 bits per heavy atom. The third kappa shape index (κ3) is 5.71. The van der Waals surface area contributed by atoms with Gasteiger partial charge in [-0.05, 0) is 43.2 Å². The highest BCUT2D eigenvalue weighted by atomic mass is 32.1. The molecule has 4 nitrogen and oxygen atoms in total. The number of carbonyl (C=O) groups is 2. The lowest BCUT2D eigenvalue weighted by Gasteiger charge is -2.22. The van der Waals surface area contributed by atoms with E-state index in [4.69, 9.17) is 0 Å². The van der Waals surface area contributed by atoms with Gasteiger partial charge in [0.15, 0.2) is 5.78 Å². The third-order valence-electron chi connectivity index (χ3n) is 4.84. The Kier molecular flexibility index (Phi) is 6.74. The van der Waals surface area contributed by atoms with Crippen molar-refractivity contribution in [3.05, 3.63) is 57.5 Å². The number of carbonyl (C=O) groups excluding carboxylic acids is 2. The summed E-state index contributed by atoms with van der Waals surface area (Å²) in [6.07, 6.45) is 1.45. The van der Waals surface area contributed by atoms with Crippen molar-refractivity contribution in [3.8, 4) is 0 Å². The molecule has 1 amide bonds. The molecule has 0 radical (unpaired) electrons. The van der Waals surface area contributed by atoms with Crippen molar-refractivity contribution in [1.29, 1.82) is 0 Å². The van der Waals surface area contributed by atoms with Crippen LogP contribution in [0.3, 0.4) is 0 Å². The number of hydrogen-bond donors (Lipinski definition) is 0. The average Bonchev–Trinajstić information content (AvgIpc) is 2.96. The summed E-state index contributed by atoms with van der Waals surface area (Å²) in [4.78, 5) is 30.7. The standard InChI is InChI=1S/C21H25FN2O2S/c1-16-3-9-20(27-16)19(25)8-10-21(26)24-12-2-11-23(13-14-24)15-17-4-6-18(22)7-5-17/h3-7,9H,2,8,10-15H2,1H3. The van der Waals surface area contributed by atoms with E-state index in [0.717, 1.165) is 47.9 Å². The quantitative estimate of drug-likeness (QED) is 0.705. The van der Waals surface area contributed by atoms with E-state index in [2.05, 4.69) is 4.90 Å². The Hall–Kier alpha value is -2.05. The molecule has 1 saturated heterocycles. The molecule has 0 bridgehead atoms. The van der Waals surface area contributed by atoms with Gasteiger partial charge in [-0.15, -0.1) is 11.3 Å². The van der Waals surface area contributed by atoms with E-state index >= 15 is 0 Å². The normalized spacial score (nSPS) is 15.6. The molecule has 27 heavy (non-hydrogen) atoms. The number of Topliss-reactive ketones (excluding diaryl/α,β-unsaturated/α-hetero) is 1. The molecule has 1 aliphatic rings. The molecule has 144 valence electrons. The highest BCUT2D eigenvalue weighted by Gasteiger charge is 2.20. The smallest absolute Gasteiger partial charge is 0.223 e. The number of benzene rings is 1. The van der Waals surface area contributed by atoms with E-state index in [9.17, 15) is 14.0 Å². The zero-order valence-electron chi connectivity index (χ0n) is 15.6. The van der Waals surface area contributed by atoms with Gasteiger partial charge in [0.2, 0.25) is 5.91 Å². The number of amides is 1. The second kappa shape index (κ2) is 9.24. The molecule has 6 heteroatoms. The Bertz CT molecular complexity index is 788. The summed E-state index contributed by atoms with van der Waals surface area (Å²) in [5.74, 6) is -0.117. The first-order valence-corrected chi connectivity index (χ1v) is 10.2. The number of nitrogens with zero attached hydrogens (tertiary/aromatic N) is 2. The summed E-state index contributed by atoms with van der Waals surface area (Å²) >= 11 is 1.48. The molecule has 0 saturated carbocycles. The molecule has 1 aliphatic heterocycles. The second-order valence-electron chi connectivity index (χ2n) is 6.97. The molecule has 0 spiro atoms. The number of rotatable bonds is 6. The van der Waals surface area contributed by atoms with Gasteiger partial charge >= 0.3 is 0 Å². The van der Waals surface area contributed by atoms with E-state index in [1.54, 1.807) is 12.1 Å². The lowest BCUT2D eigenvalue weighted by atomic mass is 10.1. The van der Waals surface area contributed by atoms with Gasteiger partial charge in [-0.2, -0.15) is 0 Å².